The fourth-order valence-electron chi connectivity index (χ4n) is 1.64. The van der Waals surface area contributed by atoms with Crippen molar-refractivity contribution in [3.63, 3.8) is 0 Å². The first kappa shape index (κ1) is 12.3. The number of aromatic nitrogens is 1. The Balaban J connectivity index is 2.16. The van der Waals surface area contributed by atoms with Crippen molar-refractivity contribution in [3.8, 4) is 0 Å². The van der Waals surface area contributed by atoms with Crippen molar-refractivity contribution in [2.75, 3.05) is 5.32 Å². The number of benzene rings is 1. The molecule has 4 heteroatoms. The van der Waals surface area contributed by atoms with Crippen LogP contribution in [0, 0.1) is 6.92 Å². The quantitative estimate of drug-likeness (QED) is 0.864. The van der Waals surface area contributed by atoms with Gasteiger partial charge in [-0.1, -0.05) is 18.2 Å². The smallest absolute Gasteiger partial charge is 0.256 e. The van der Waals surface area contributed by atoms with Gasteiger partial charge >= 0.3 is 0 Å². The molecular weight excluding hydrogens is 226 g/mol. The van der Waals surface area contributed by atoms with E-state index in [1.807, 2.05) is 31.2 Å². The molecule has 0 saturated heterocycles. The second-order valence-corrected chi connectivity index (χ2v) is 4.02. The molecule has 2 aromatic rings. The van der Waals surface area contributed by atoms with Gasteiger partial charge in [-0.25, -0.2) is 4.98 Å². The number of pyridine rings is 1. The Morgan fingerprint density at radius 2 is 2.06 bits per heavy atom. The summed E-state index contributed by atoms with van der Waals surface area (Å²) in [5.41, 5.74) is 7.93. The lowest BCUT2D eigenvalue weighted by Gasteiger charge is -2.06. The molecule has 0 radical (unpaired) electrons. The molecule has 0 bridgehead atoms. The van der Waals surface area contributed by atoms with Gasteiger partial charge in [0.25, 0.3) is 5.91 Å². The summed E-state index contributed by atoms with van der Waals surface area (Å²) in [6.07, 6.45) is 0. The lowest BCUT2D eigenvalue weighted by molar-refractivity contribution is 0.102. The Hall–Kier alpha value is -2.20. The van der Waals surface area contributed by atoms with E-state index in [0.29, 0.717) is 17.9 Å². The van der Waals surface area contributed by atoms with Crippen molar-refractivity contribution in [3.05, 3.63) is 59.3 Å². The normalized spacial score (nSPS) is 10.1. The summed E-state index contributed by atoms with van der Waals surface area (Å²) in [7, 11) is 0. The highest BCUT2D eigenvalue weighted by molar-refractivity contribution is 6.03. The molecule has 18 heavy (non-hydrogen) atoms. The third-order valence-electron chi connectivity index (χ3n) is 2.55. The van der Waals surface area contributed by atoms with Crippen LogP contribution in [0.5, 0.6) is 0 Å². The van der Waals surface area contributed by atoms with E-state index in [9.17, 15) is 4.79 Å². The maximum absolute atomic E-state index is 12.0. The number of hydrogen-bond donors (Lipinski definition) is 2. The van der Waals surface area contributed by atoms with Crippen molar-refractivity contribution >= 4 is 11.7 Å². The van der Waals surface area contributed by atoms with Gasteiger partial charge in [0.05, 0.1) is 0 Å². The van der Waals surface area contributed by atoms with E-state index in [1.165, 1.54) is 0 Å². The third-order valence-corrected chi connectivity index (χ3v) is 2.55. The minimum atomic E-state index is -0.177. The highest BCUT2D eigenvalue weighted by Crippen LogP contribution is 2.09. The van der Waals surface area contributed by atoms with E-state index in [2.05, 4.69) is 10.3 Å². The van der Waals surface area contributed by atoms with Crippen LogP contribution in [0.4, 0.5) is 5.82 Å². The Bertz CT molecular complexity index is 566. The molecule has 0 saturated carbocycles. The van der Waals surface area contributed by atoms with Crippen LogP contribution in [-0.2, 0) is 6.54 Å². The van der Waals surface area contributed by atoms with Crippen molar-refractivity contribution in [2.24, 2.45) is 5.73 Å². The Labute approximate surface area is 106 Å². The van der Waals surface area contributed by atoms with Gasteiger partial charge in [-0.3, -0.25) is 4.79 Å². The molecule has 92 valence electrons. The first-order chi connectivity index (χ1) is 8.69. The van der Waals surface area contributed by atoms with E-state index in [0.717, 1.165) is 11.3 Å². The largest absolute Gasteiger partial charge is 0.326 e. The van der Waals surface area contributed by atoms with E-state index in [4.69, 9.17) is 5.73 Å². The van der Waals surface area contributed by atoms with Gasteiger partial charge in [-0.2, -0.15) is 0 Å². The second kappa shape index (κ2) is 5.42. The van der Waals surface area contributed by atoms with Crippen LogP contribution < -0.4 is 11.1 Å². The summed E-state index contributed by atoms with van der Waals surface area (Å²) in [5, 5.41) is 2.76. The van der Waals surface area contributed by atoms with Gasteiger partial charge < -0.3 is 11.1 Å². The number of amides is 1. The fraction of sp³-hybridized carbons (Fsp3) is 0.143. The van der Waals surface area contributed by atoms with E-state index in [-0.39, 0.29) is 5.91 Å². The molecule has 2 rings (SSSR count). The van der Waals surface area contributed by atoms with Crippen LogP contribution in [0.2, 0.25) is 0 Å². The van der Waals surface area contributed by atoms with E-state index >= 15 is 0 Å². The van der Waals surface area contributed by atoms with E-state index < -0.39 is 0 Å². The van der Waals surface area contributed by atoms with Gasteiger partial charge in [0.1, 0.15) is 5.82 Å². The molecule has 0 aliphatic carbocycles. The average molecular weight is 241 g/mol. The molecule has 0 aliphatic rings. The van der Waals surface area contributed by atoms with Crippen molar-refractivity contribution in [1.82, 2.24) is 4.98 Å². The van der Waals surface area contributed by atoms with Gasteiger partial charge in [-0.05, 0) is 36.8 Å². The highest BCUT2D eigenvalue weighted by atomic mass is 16.1. The van der Waals surface area contributed by atoms with Crippen LogP contribution in [-0.4, -0.2) is 10.9 Å². The highest BCUT2D eigenvalue weighted by Gasteiger charge is 2.07. The number of nitrogens with one attached hydrogen (secondary N) is 1. The summed E-state index contributed by atoms with van der Waals surface area (Å²) >= 11 is 0. The lowest BCUT2D eigenvalue weighted by atomic mass is 10.1. The van der Waals surface area contributed by atoms with Crippen LogP contribution >= 0.6 is 0 Å². The molecule has 0 atom stereocenters. The minimum absolute atomic E-state index is 0.177. The zero-order chi connectivity index (χ0) is 13.0. The number of carbonyl (C=O) groups is 1. The Kier molecular flexibility index (Phi) is 3.69. The number of rotatable bonds is 3. The first-order valence-electron chi connectivity index (χ1n) is 5.73. The molecule has 0 spiro atoms. The Morgan fingerprint density at radius 3 is 2.78 bits per heavy atom. The summed E-state index contributed by atoms with van der Waals surface area (Å²) < 4.78 is 0. The molecule has 4 nitrogen and oxygen atoms in total. The minimum Gasteiger partial charge on any atom is -0.326 e. The Morgan fingerprint density at radius 1 is 1.28 bits per heavy atom. The summed E-state index contributed by atoms with van der Waals surface area (Å²) in [4.78, 5) is 16.2. The number of hydrogen-bond acceptors (Lipinski definition) is 3. The zero-order valence-corrected chi connectivity index (χ0v) is 10.2. The average Bonchev–Trinajstić information content (AvgIpc) is 2.39. The summed E-state index contributed by atoms with van der Waals surface area (Å²) in [6.45, 7) is 2.30. The predicted octanol–water partition coefficient (Wildman–Crippen LogP) is 2.10. The standard InChI is InChI=1S/C14H15N3O/c1-10-4-2-7-13(16-10)17-14(18)12-6-3-5-11(8-12)9-15/h2-8H,9,15H2,1H3,(H,16,17,18). The number of carbonyl (C=O) groups excluding carboxylic acids is 1. The maximum atomic E-state index is 12.0. The molecule has 0 aliphatic heterocycles. The molecule has 1 heterocycles. The first-order valence-corrected chi connectivity index (χ1v) is 5.73. The maximum Gasteiger partial charge on any atom is 0.256 e. The van der Waals surface area contributed by atoms with Gasteiger partial charge in [-0.15, -0.1) is 0 Å². The molecule has 3 N–H and O–H groups in total. The van der Waals surface area contributed by atoms with Crippen LogP contribution in [0.25, 0.3) is 0 Å². The van der Waals surface area contributed by atoms with Gasteiger partial charge in [0.2, 0.25) is 0 Å². The zero-order valence-electron chi connectivity index (χ0n) is 10.2. The van der Waals surface area contributed by atoms with Crippen LogP contribution in [0.3, 0.4) is 0 Å². The van der Waals surface area contributed by atoms with Crippen molar-refractivity contribution < 1.29 is 4.79 Å². The summed E-state index contributed by atoms with van der Waals surface area (Å²) in [6, 6.07) is 12.7. The van der Waals surface area contributed by atoms with Gasteiger partial charge in [0, 0.05) is 17.8 Å². The molecule has 1 aromatic heterocycles. The summed E-state index contributed by atoms with van der Waals surface area (Å²) in [5.74, 6) is 0.376. The number of nitrogens with two attached hydrogens (primary N) is 1. The number of aryl methyl sites for hydroxylation is 1. The van der Waals surface area contributed by atoms with Crippen LogP contribution in [0.1, 0.15) is 21.6 Å². The van der Waals surface area contributed by atoms with Gasteiger partial charge in [0.15, 0.2) is 0 Å². The monoisotopic (exact) mass is 241 g/mol. The fourth-order valence-corrected chi connectivity index (χ4v) is 1.64. The molecule has 0 unspecified atom stereocenters. The van der Waals surface area contributed by atoms with Crippen LogP contribution in [0.15, 0.2) is 42.5 Å². The molecule has 1 amide bonds. The molecule has 1 aromatic carbocycles. The number of nitrogens with zero attached hydrogens (tertiary/aromatic N) is 1. The lowest BCUT2D eigenvalue weighted by Crippen LogP contribution is -2.13. The molecule has 0 fully saturated rings. The predicted molar refractivity (Wildman–Crippen MR) is 71.3 cm³/mol. The van der Waals surface area contributed by atoms with Crippen molar-refractivity contribution in [1.29, 1.82) is 0 Å². The molecular formula is C14H15N3O. The van der Waals surface area contributed by atoms with E-state index in [1.54, 1.807) is 18.2 Å². The SMILES string of the molecule is Cc1cccc(NC(=O)c2cccc(CN)c2)n1. The third kappa shape index (κ3) is 2.93. The van der Waals surface area contributed by atoms with Crippen molar-refractivity contribution in [2.45, 2.75) is 13.5 Å². The number of anilines is 1. The second-order valence-electron chi connectivity index (χ2n) is 4.02. The topological polar surface area (TPSA) is 68.0 Å².